The van der Waals surface area contributed by atoms with Crippen molar-refractivity contribution >= 4 is 33.3 Å². The number of hydrogen-bond acceptors (Lipinski definition) is 2. The molecule has 0 saturated carbocycles. The Hall–Kier alpha value is -1.19. The first kappa shape index (κ1) is 13.2. The van der Waals surface area contributed by atoms with Crippen molar-refractivity contribution in [3.05, 3.63) is 62.8 Å². The number of carbonyl (C=O) groups excluding carboxylic acids is 1. The standard InChI is InChI=1S/C14H11BrClNO/c1-9-3-2-4-17-13(9)8-14(18)10-5-11(15)7-12(16)6-10/h2-7H,8H2,1H3. The lowest BCUT2D eigenvalue weighted by Crippen LogP contribution is -2.06. The van der Waals surface area contributed by atoms with Crippen molar-refractivity contribution in [3.8, 4) is 0 Å². The summed E-state index contributed by atoms with van der Waals surface area (Å²) in [6.45, 7) is 1.95. The van der Waals surface area contributed by atoms with Crippen LogP contribution in [0.5, 0.6) is 0 Å². The summed E-state index contributed by atoms with van der Waals surface area (Å²) in [4.78, 5) is 16.4. The number of pyridine rings is 1. The smallest absolute Gasteiger partial charge is 0.168 e. The molecule has 0 aliphatic carbocycles. The fraction of sp³-hybridized carbons (Fsp3) is 0.143. The molecule has 2 aromatic rings. The van der Waals surface area contributed by atoms with E-state index in [-0.39, 0.29) is 5.78 Å². The summed E-state index contributed by atoms with van der Waals surface area (Å²) in [5.74, 6) is 0.0139. The second kappa shape index (κ2) is 5.63. The van der Waals surface area contributed by atoms with Crippen LogP contribution in [0.25, 0.3) is 0 Å². The first-order chi connectivity index (χ1) is 8.56. The van der Waals surface area contributed by atoms with Gasteiger partial charge in [0.25, 0.3) is 0 Å². The van der Waals surface area contributed by atoms with Gasteiger partial charge in [0.1, 0.15) is 0 Å². The van der Waals surface area contributed by atoms with E-state index in [2.05, 4.69) is 20.9 Å². The number of nitrogens with zero attached hydrogens (tertiary/aromatic N) is 1. The van der Waals surface area contributed by atoms with Crippen LogP contribution < -0.4 is 0 Å². The van der Waals surface area contributed by atoms with Crippen LogP contribution in [0.15, 0.2) is 41.0 Å². The third kappa shape index (κ3) is 3.18. The first-order valence-electron chi connectivity index (χ1n) is 5.46. The van der Waals surface area contributed by atoms with Crippen molar-refractivity contribution in [2.75, 3.05) is 0 Å². The molecule has 0 unspecified atom stereocenters. The molecule has 0 aliphatic rings. The number of aryl methyl sites for hydroxylation is 1. The molecule has 0 saturated heterocycles. The molecular formula is C14H11BrClNO. The van der Waals surface area contributed by atoms with Crippen molar-refractivity contribution in [1.82, 2.24) is 4.98 Å². The summed E-state index contributed by atoms with van der Waals surface area (Å²) in [7, 11) is 0. The van der Waals surface area contributed by atoms with Gasteiger partial charge < -0.3 is 0 Å². The Labute approximate surface area is 119 Å². The molecule has 0 aliphatic heterocycles. The molecule has 1 aromatic carbocycles. The lowest BCUT2D eigenvalue weighted by atomic mass is 10.0. The normalized spacial score (nSPS) is 10.4. The number of carbonyl (C=O) groups is 1. The van der Waals surface area contributed by atoms with Crippen molar-refractivity contribution in [2.45, 2.75) is 13.3 Å². The van der Waals surface area contributed by atoms with Crippen molar-refractivity contribution in [3.63, 3.8) is 0 Å². The molecule has 0 bridgehead atoms. The highest BCUT2D eigenvalue weighted by Crippen LogP contribution is 2.21. The van der Waals surface area contributed by atoms with Crippen LogP contribution in [0, 0.1) is 6.92 Å². The van der Waals surface area contributed by atoms with Gasteiger partial charge in [0, 0.05) is 21.3 Å². The Kier molecular flexibility index (Phi) is 4.15. The summed E-state index contributed by atoms with van der Waals surface area (Å²) in [5, 5.41) is 0.547. The van der Waals surface area contributed by atoms with Crippen LogP contribution in [-0.2, 0) is 6.42 Å². The van der Waals surface area contributed by atoms with E-state index in [1.807, 2.05) is 19.1 Å². The second-order valence-electron chi connectivity index (χ2n) is 4.03. The third-order valence-electron chi connectivity index (χ3n) is 2.63. The maximum absolute atomic E-state index is 12.2. The van der Waals surface area contributed by atoms with Gasteiger partial charge in [0.05, 0.1) is 12.1 Å². The molecule has 4 heteroatoms. The number of hydrogen-bond donors (Lipinski definition) is 0. The van der Waals surface area contributed by atoms with Crippen LogP contribution >= 0.6 is 27.5 Å². The summed E-state index contributed by atoms with van der Waals surface area (Å²) in [5.41, 5.74) is 2.42. The van der Waals surface area contributed by atoms with Crippen LogP contribution in [0.3, 0.4) is 0 Å². The van der Waals surface area contributed by atoms with Crippen LogP contribution in [0.1, 0.15) is 21.6 Å². The molecule has 0 N–H and O–H groups in total. The molecule has 0 amide bonds. The fourth-order valence-electron chi connectivity index (χ4n) is 1.67. The third-order valence-corrected chi connectivity index (χ3v) is 3.31. The molecule has 0 spiro atoms. The molecule has 2 nitrogen and oxygen atoms in total. The average Bonchev–Trinajstić information content (AvgIpc) is 2.31. The maximum atomic E-state index is 12.2. The van der Waals surface area contributed by atoms with Crippen LogP contribution in [-0.4, -0.2) is 10.8 Å². The van der Waals surface area contributed by atoms with E-state index >= 15 is 0 Å². The minimum absolute atomic E-state index is 0.0139. The van der Waals surface area contributed by atoms with E-state index in [1.54, 1.807) is 24.4 Å². The molecule has 0 atom stereocenters. The van der Waals surface area contributed by atoms with E-state index in [1.165, 1.54) is 0 Å². The summed E-state index contributed by atoms with van der Waals surface area (Å²) in [6, 6.07) is 9.01. The Morgan fingerprint density at radius 1 is 1.39 bits per heavy atom. The topological polar surface area (TPSA) is 30.0 Å². The van der Waals surface area contributed by atoms with E-state index in [0.717, 1.165) is 15.7 Å². The fourth-order valence-corrected chi connectivity index (χ4v) is 2.53. The first-order valence-corrected chi connectivity index (χ1v) is 6.63. The molecular weight excluding hydrogens is 314 g/mol. The van der Waals surface area contributed by atoms with Crippen molar-refractivity contribution in [2.24, 2.45) is 0 Å². The molecule has 1 aromatic heterocycles. The van der Waals surface area contributed by atoms with Gasteiger partial charge in [0.15, 0.2) is 5.78 Å². The van der Waals surface area contributed by atoms with E-state index < -0.39 is 0 Å². The second-order valence-corrected chi connectivity index (χ2v) is 5.38. The number of aromatic nitrogens is 1. The number of halogens is 2. The molecule has 1 heterocycles. The van der Waals surface area contributed by atoms with Crippen LogP contribution in [0.2, 0.25) is 5.02 Å². The monoisotopic (exact) mass is 323 g/mol. The van der Waals surface area contributed by atoms with Gasteiger partial charge in [-0.25, -0.2) is 0 Å². The molecule has 92 valence electrons. The molecule has 0 radical (unpaired) electrons. The van der Waals surface area contributed by atoms with Gasteiger partial charge in [-0.2, -0.15) is 0 Å². The Morgan fingerprint density at radius 2 is 2.17 bits per heavy atom. The minimum Gasteiger partial charge on any atom is -0.294 e. The number of ketones is 1. The zero-order valence-electron chi connectivity index (χ0n) is 9.78. The van der Waals surface area contributed by atoms with Crippen molar-refractivity contribution in [1.29, 1.82) is 0 Å². The summed E-state index contributed by atoms with van der Waals surface area (Å²) >= 11 is 9.26. The van der Waals surface area contributed by atoms with Crippen molar-refractivity contribution < 1.29 is 4.79 Å². The number of rotatable bonds is 3. The number of Topliss-reactive ketones (excluding diaryl/α,β-unsaturated/α-hetero) is 1. The predicted molar refractivity (Wildman–Crippen MR) is 76.2 cm³/mol. The van der Waals surface area contributed by atoms with E-state index in [4.69, 9.17) is 11.6 Å². The van der Waals surface area contributed by atoms with Crippen LogP contribution in [0.4, 0.5) is 0 Å². The zero-order valence-corrected chi connectivity index (χ0v) is 12.1. The molecule has 0 fully saturated rings. The largest absolute Gasteiger partial charge is 0.294 e. The molecule has 2 rings (SSSR count). The Bertz CT molecular complexity index is 578. The average molecular weight is 325 g/mol. The Balaban J connectivity index is 2.25. The van der Waals surface area contributed by atoms with Gasteiger partial charge >= 0.3 is 0 Å². The van der Waals surface area contributed by atoms with Gasteiger partial charge in [-0.1, -0.05) is 33.6 Å². The highest BCUT2D eigenvalue weighted by molar-refractivity contribution is 9.10. The lowest BCUT2D eigenvalue weighted by molar-refractivity contribution is 0.0991. The maximum Gasteiger partial charge on any atom is 0.168 e. The number of benzene rings is 1. The molecule has 18 heavy (non-hydrogen) atoms. The van der Waals surface area contributed by atoms with Gasteiger partial charge in [-0.05, 0) is 36.8 Å². The quantitative estimate of drug-likeness (QED) is 0.791. The predicted octanol–water partition coefficient (Wildman–Crippen LogP) is 4.23. The highest BCUT2D eigenvalue weighted by Gasteiger charge is 2.11. The zero-order chi connectivity index (χ0) is 13.1. The van der Waals surface area contributed by atoms with E-state index in [0.29, 0.717) is 17.0 Å². The Morgan fingerprint density at radius 3 is 2.83 bits per heavy atom. The minimum atomic E-state index is 0.0139. The van der Waals surface area contributed by atoms with Gasteiger partial charge in [-0.3, -0.25) is 9.78 Å². The van der Waals surface area contributed by atoms with Gasteiger partial charge in [-0.15, -0.1) is 0 Å². The van der Waals surface area contributed by atoms with Gasteiger partial charge in [0.2, 0.25) is 0 Å². The summed E-state index contributed by atoms with van der Waals surface area (Å²) < 4.78 is 0.802. The van der Waals surface area contributed by atoms with E-state index in [9.17, 15) is 4.79 Å². The lowest BCUT2D eigenvalue weighted by Gasteiger charge is -2.05. The highest BCUT2D eigenvalue weighted by atomic mass is 79.9. The SMILES string of the molecule is Cc1cccnc1CC(=O)c1cc(Cl)cc(Br)c1. The summed E-state index contributed by atoms with van der Waals surface area (Å²) in [6.07, 6.45) is 1.99.